The Morgan fingerprint density at radius 3 is 2.29 bits per heavy atom. The van der Waals surface area contributed by atoms with E-state index in [1.807, 2.05) is 0 Å². The summed E-state index contributed by atoms with van der Waals surface area (Å²) in [5, 5.41) is 0. The van der Waals surface area contributed by atoms with E-state index in [9.17, 15) is 0 Å². The summed E-state index contributed by atoms with van der Waals surface area (Å²) in [4.78, 5) is 2.67. The fourth-order valence-electron chi connectivity index (χ4n) is 3.78. The van der Waals surface area contributed by atoms with E-state index in [2.05, 4.69) is 35.2 Å². The summed E-state index contributed by atoms with van der Waals surface area (Å²) < 4.78 is 0. The van der Waals surface area contributed by atoms with E-state index in [1.165, 1.54) is 37.8 Å². The number of benzene rings is 1. The fraction of sp³-hybridized carbons (Fsp3) is 0.600. The normalized spacial score (nSPS) is 31.8. The van der Waals surface area contributed by atoms with Crippen molar-refractivity contribution < 1.29 is 0 Å². The molecule has 0 spiro atoms. The number of rotatable bonds is 3. The second-order valence-electron chi connectivity index (χ2n) is 5.54. The van der Waals surface area contributed by atoms with E-state index in [0.717, 1.165) is 24.5 Å². The highest BCUT2D eigenvalue weighted by Gasteiger charge is 2.40. The third-order valence-corrected chi connectivity index (χ3v) is 4.46. The van der Waals surface area contributed by atoms with Gasteiger partial charge in [-0.3, -0.25) is 0 Å². The molecule has 2 bridgehead atoms. The maximum Gasteiger partial charge on any atom is 0.0371 e. The Labute approximate surface area is 104 Å². The largest absolute Gasteiger partial charge is 0.366 e. The van der Waals surface area contributed by atoms with Gasteiger partial charge in [-0.1, -0.05) is 18.2 Å². The van der Waals surface area contributed by atoms with Crippen LogP contribution in [-0.4, -0.2) is 18.6 Å². The van der Waals surface area contributed by atoms with Crippen molar-refractivity contribution in [3.05, 3.63) is 30.3 Å². The van der Waals surface area contributed by atoms with Crippen LogP contribution in [0.1, 0.15) is 32.1 Å². The quantitative estimate of drug-likeness (QED) is 0.865. The van der Waals surface area contributed by atoms with Gasteiger partial charge < -0.3 is 10.6 Å². The smallest absolute Gasteiger partial charge is 0.0371 e. The van der Waals surface area contributed by atoms with Crippen LogP contribution in [0.5, 0.6) is 0 Å². The lowest BCUT2D eigenvalue weighted by atomic mass is 9.88. The van der Waals surface area contributed by atoms with Gasteiger partial charge in [-0.2, -0.15) is 0 Å². The number of para-hydroxylation sites is 1. The zero-order chi connectivity index (χ0) is 11.7. The van der Waals surface area contributed by atoms with Crippen molar-refractivity contribution in [2.75, 3.05) is 11.4 Å². The van der Waals surface area contributed by atoms with Gasteiger partial charge >= 0.3 is 0 Å². The number of nitrogens with two attached hydrogens (primary N) is 1. The molecule has 92 valence electrons. The number of piperidine rings is 1. The minimum Gasteiger partial charge on any atom is -0.366 e. The van der Waals surface area contributed by atoms with Gasteiger partial charge in [0.15, 0.2) is 0 Å². The zero-order valence-corrected chi connectivity index (χ0v) is 10.4. The molecular formula is C15H22N2. The molecule has 17 heavy (non-hydrogen) atoms. The first-order valence-electron chi connectivity index (χ1n) is 6.92. The van der Waals surface area contributed by atoms with Crippen molar-refractivity contribution in [1.82, 2.24) is 0 Å². The second kappa shape index (κ2) is 4.69. The van der Waals surface area contributed by atoms with Crippen molar-refractivity contribution in [3.63, 3.8) is 0 Å². The summed E-state index contributed by atoms with van der Waals surface area (Å²) in [7, 11) is 0. The Bertz CT molecular complexity index is 348. The zero-order valence-electron chi connectivity index (χ0n) is 10.4. The highest BCUT2D eigenvalue weighted by atomic mass is 15.2. The topological polar surface area (TPSA) is 29.3 Å². The van der Waals surface area contributed by atoms with Crippen LogP contribution >= 0.6 is 0 Å². The molecule has 2 heterocycles. The van der Waals surface area contributed by atoms with Gasteiger partial charge in [-0.25, -0.2) is 0 Å². The molecule has 0 aromatic heterocycles. The Balaban J connectivity index is 1.77. The molecule has 0 aliphatic carbocycles. The molecule has 0 saturated carbocycles. The molecule has 2 unspecified atom stereocenters. The molecule has 2 atom stereocenters. The van der Waals surface area contributed by atoms with Crippen LogP contribution in [0.3, 0.4) is 0 Å². The minimum absolute atomic E-state index is 0.771. The lowest BCUT2D eigenvalue weighted by Gasteiger charge is -2.40. The van der Waals surface area contributed by atoms with E-state index in [0.29, 0.717) is 0 Å². The van der Waals surface area contributed by atoms with Gasteiger partial charge in [0, 0.05) is 17.8 Å². The van der Waals surface area contributed by atoms with E-state index in [1.54, 1.807) is 0 Å². The van der Waals surface area contributed by atoms with Crippen molar-refractivity contribution in [1.29, 1.82) is 0 Å². The molecular weight excluding hydrogens is 208 g/mol. The third kappa shape index (κ3) is 2.06. The van der Waals surface area contributed by atoms with Gasteiger partial charge in [0.05, 0.1) is 0 Å². The van der Waals surface area contributed by atoms with Gasteiger partial charge in [0.25, 0.3) is 0 Å². The first kappa shape index (κ1) is 11.1. The third-order valence-electron chi connectivity index (χ3n) is 4.46. The summed E-state index contributed by atoms with van der Waals surface area (Å²) in [5.74, 6) is 0.873. The minimum atomic E-state index is 0.771. The summed E-state index contributed by atoms with van der Waals surface area (Å²) in [5.41, 5.74) is 7.13. The van der Waals surface area contributed by atoms with Gasteiger partial charge in [-0.05, 0) is 56.7 Å². The average Bonchev–Trinajstić information content (AvgIpc) is 2.63. The highest BCUT2D eigenvalue weighted by molar-refractivity contribution is 5.50. The van der Waals surface area contributed by atoms with E-state index < -0.39 is 0 Å². The Morgan fingerprint density at radius 1 is 1.06 bits per heavy atom. The van der Waals surface area contributed by atoms with Crippen LogP contribution < -0.4 is 10.6 Å². The van der Waals surface area contributed by atoms with Gasteiger partial charge in [0.2, 0.25) is 0 Å². The highest BCUT2D eigenvalue weighted by Crippen LogP contribution is 2.42. The maximum absolute atomic E-state index is 5.70. The van der Waals surface area contributed by atoms with Crippen LogP contribution in [-0.2, 0) is 0 Å². The number of hydrogen-bond acceptors (Lipinski definition) is 2. The average molecular weight is 230 g/mol. The molecule has 0 amide bonds. The van der Waals surface area contributed by atoms with E-state index in [4.69, 9.17) is 5.73 Å². The first-order valence-corrected chi connectivity index (χ1v) is 6.92. The molecule has 2 fully saturated rings. The Morgan fingerprint density at radius 2 is 1.71 bits per heavy atom. The van der Waals surface area contributed by atoms with Crippen molar-refractivity contribution >= 4 is 5.69 Å². The molecule has 0 radical (unpaired) electrons. The number of nitrogens with zero attached hydrogens (tertiary/aromatic N) is 1. The molecule has 2 heteroatoms. The SMILES string of the molecule is NCCC1CC2CCC(C1)N2c1ccccc1. The fourth-order valence-corrected chi connectivity index (χ4v) is 3.78. The number of hydrogen-bond donors (Lipinski definition) is 1. The molecule has 2 N–H and O–H groups in total. The van der Waals surface area contributed by atoms with Crippen LogP contribution in [0.4, 0.5) is 5.69 Å². The molecule has 3 rings (SSSR count). The van der Waals surface area contributed by atoms with Gasteiger partial charge in [0.1, 0.15) is 0 Å². The molecule has 2 aliphatic rings. The monoisotopic (exact) mass is 230 g/mol. The second-order valence-corrected chi connectivity index (χ2v) is 5.54. The standard InChI is InChI=1S/C15H22N2/c16-9-8-12-10-14-6-7-15(11-12)17(14)13-4-2-1-3-5-13/h1-5,12,14-15H,6-11,16H2. The molecule has 2 nitrogen and oxygen atoms in total. The van der Waals surface area contributed by atoms with E-state index in [-0.39, 0.29) is 0 Å². The summed E-state index contributed by atoms with van der Waals surface area (Å²) in [6, 6.07) is 12.5. The van der Waals surface area contributed by atoms with E-state index >= 15 is 0 Å². The molecule has 1 aromatic rings. The lowest BCUT2D eigenvalue weighted by Crippen LogP contribution is -2.43. The number of anilines is 1. The summed E-state index contributed by atoms with van der Waals surface area (Å²) >= 11 is 0. The predicted octanol–water partition coefficient (Wildman–Crippen LogP) is 2.78. The van der Waals surface area contributed by atoms with Crippen molar-refractivity contribution in [2.24, 2.45) is 11.7 Å². The predicted molar refractivity (Wildman–Crippen MR) is 72.1 cm³/mol. The van der Waals surface area contributed by atoms with Crippen LogP contribution in [0, 0.1) is 5.92 Å². The molecule has 2 saturated heterocycles. The number of fused-ring (bicyclic) bond motifs is 2. The lowest BCUT2D eigenvalue weighted by molar-refractivity contribution is 0.326. The van der Waals surface area contributed by atoms with Crippen molar-refractivity contribution in [3.8, 4) is 0 Å². The van der Waals surface area contributed by atoms with Crippen molar-refractivity contribution in [2.45, 2.75) is 44.2 Å². The van der Waals surface area contributed by atoms with Gasteiger partial charge in [-0.15, -0.1) is 0 Å². The first-order chi connectivity index (χ1) is 8.38. The Hall–Kier alpha value is -1.02. The molecule has 1 aromatic carbocycles. The van der Waals surface area contributed by atoms with Crippen LogP contribution in [0.2, 0.25) is 0 Å². The summed E-state index contributed by atoms with van der Waals surface area (Å²) in [6.07, 6.45) is 6.67. The van der Waals surface area contributed by atoms with Crippen LogP contribution in [0.15, 0.2) is 30.3 Å². The molecule has 2 aliphatic heterocycles. The Kier molecular flexibility index (Phi) is 3.06. The van der Waals surface area contributed by atoms with Crippen LogP contribution in [0.25, 0.3) is 0 Å². The maximum atomic E-state index is 5.70. The summed E-state index contributed by atoms with van der Waals surface area (Å²) in [6.45, 7) is 0.857.